The van der Waals surface area contributed by atoms with Crippen molar-refractivity contribution in [1.29, 1.82) is 0 Å². The maximum atomic E-state index is 4.66. The van der Waals surface area contributed by atoms with Crippen molar-refractivity contribution < 1.29 is 0 Å². The Hall–Kier alpha value is -0.940. The van der Waals surface area contributed by atoms with E-state index in [1.165, 1.54) is 4.88 Å². The third-order valence-electron chi connectivity index (χ3n) is 3.01. The molecule has 5 heteroatoms. The van der Waals surface area contributed by atoms with E-state index in [-0.39, 0.29) is 0 Å². The molecule has 19 heavy (non-hydrogen) atoms. The monoisotopic (exact) mass is 339 g/mol. The standard InChI is InChI=1S/C14H18BrN3S/c1-5-6-16-13-8(2)9(3)17-14(18-13)12-7-11(15)10(4)19-12/h7H,5-6H2,1-4H3,(H,16,17,18). The molecule has 0 saturated carbocycles. The van der Waals surface area contributed by atoms with Gasteiger partial charge in [0.2, 0.25) is 0 Å². The summed E-state index contributed by atoms with van der Waals surface area (Å²) in [5, 5.41) is 3.38. The zero-order valence-electron chi connectivity index (χ0n) is 11.7. The smallest absolute Gasteiger partial charge is 0.171 e. The van der Waals surface area contributed by atoms with Gasteiger partial charge in [-0.25, -0.2) is 9.97 Å². The van der Waals surface area contributed by atoms with Gasteiger partial charge in [-0.2, -0.15) is 0 Å². The van der Waals surface area contributed by atoms with Crippen molar-refractivity contribution in [2.75, 3.05) is 11.9 Å². The van der Waals surface area contributed by atoms with Crippen LogP contribution in [0.4, 0.5) is 5.82 Å². The Morgan fingerprint density at radius 3 is 2.58 bits per heavy atom. The Balaban J connectivity index is 2.43. The van der Waals surface area contributed by atoms with Crippen LogP contribution in [0.2, 0.25) is 0 Å². The number of nitrogens with one attached hydrogen (secondary N) is 1. The van der Waals surface area contributed by atoms with E-state index in [1.54, 1.807) is 11.3 Å². The Labute approximate surface area is 126 Å². The first-order valence-electron chi connectivity index (χ1n) is 6.38. The van der Waals surface area contributed by atoms with Gasteiger partial charge >= 0.3 is 0 Å². The Kier molecular flexibility index (Phi) is 4.58. The molecule has 0 aliphatic carbocycles. The summed E-state index contributed by atoms with van der Waals surface area (Å²) in [7, 11) is 0. The van der Waals surface area contributed by atoms with Gasteiger partial charge in [-0.3, -0.25) is 0 Å². The maximum absolute atomic E-state index is 4.66. The van der Waals surface area contributed by atoms with Gasteiger partial charge < -0.3 is 5.32 Å². The fourth-order valence-corrected chi connectivity index (χ4v) is 3.19. The molecule has 2 rings (SSSR count). The molecule has 0 atom stereocenters. The molecule has 2 aromatic rings. The quantitative estimate of drug-likeness (QED) is 0.875. The summed E-state index contributed by atoms with van der Waals surface area (Å²) in [5.41, 5.74) is 2.16. The van der Waals surface area contributed by atoms with Crippen molar-refractivity contribution in [3.05, 3.63) is 26.7 Å². The normalized spacial score (nSPS) is 10.8. The molecule has 0 amide bonds. The van der Waals surface area contributed by atoms with E-state index in [1.807, 2.05) is 6.92 Å². The first-order valence-corrected chi connectivity index (χ1v) is 7.99. The lowest BCUT2D eigenvalue weighted by molar-refractivity contribution is 0.955. The SMILES string of the molecule is CCCNc1nc(-c2cc(Br)c(C)s2)nc(C)c1C. The van der Waals surface area contributed by atoms with Crippen molar-refractivity contribution >= 4 is 33.1 Å². The molecule has 0 aliphatic heterocycles. The number of rotatable bonds is 4. The lowest BCUT2D eigenvalue weighted by Gasteiger charge is -2.11. The third kappa shape index (κ3) is 3.15. The maximum Gasteiger partial charge on any atom is 0.171 e. The number of hydrogen-bond donors (Lipinski definition) is 1. The summed E-state index contributed by atoms with van der Waals surface area (Å²) in [6, 6.07) is 2.09. The average molecular weight is 340 g/mol. The second-order valence-electron chi connectivity index (χ2n) is 4.55. The van der Waals surface area contributed by atoms with Crippen LogP contribution in [0.3, 0.4) is 0 Å². The summed E-state index contributed by atoms with van der Waals surface area (Å²) >= 11 is 5.26. The van der Waals surface area contributed by atoms with Gasteiger partial charge in [0.15, 0.2) is 5.82 Å². The zero-order chi connectivity index (χ0) is 14.0. The predicted molar refractivity (Wildman–Crippen MR) is 86.0 cm³/mol. The van der Waals surface area contributed by atoms with E-state index in [2.05, 4.69) is 58.1 Å². The van der Waals surface area contributed by atoms with Crippen LogP contribution < -0.4 is 5.32 Å². The number of thiophene rings is 1. The molecule has 0 spiro atoms. The number of hydrogen-bond acceptors (Lipinski definition) is 4. The van der Waals surface area contributed by atoms with E-state index in [4.69, 9.17) is 0 Å². The molecular weight excluding hydrogens is 322 g/mol. The van der Waals surface area contributed by atoms with Gasteiger partial charge in [0.25, 0.3) is 0 Å². The summed E-state index contributed by atoms with van der Waals surface area (Å²) in [6.45, 7) is 9.27. The Bertz CT molecular complexity index is 573. The van der Waals surface area contributed by atoms with Crippen LogP contribution in [0, 0.1) is 20.8 Å². The van der Waals surface area contributed by atoms with Crippen molar-refractivity contribution in [3.63, 3.8) is 0 Å². The van der Waals surface area contributed by atoms with Crippen molar-refractivity contribution in [2.24, 2.45) is 0 Å². The number of anilines is 1. The van der Waals surface area contributed by atoms with Gasteiger partial charge in [-0.1, -0.05) is 6.92 Å². The van der Waals surface area contributed by atoms with Crippen LogP contribution in [0.5, 0.6) is 0 Å². The third-order valence-corrected chi connectivity index (χ3v) is 5.14. The highest BCUT2D eigenvalue weighted by Crippen LogP contribution is 2.33. The van der Waals surface area contributed by atoms with Gasteiger partial charge in [0.05, 0.1) is 4.88 Å². The van der Waals surface area contributed by atoms with Crippen LogP contribution in [-0.2, 0) is 0 Å². The summed E-state index contributed by atoms with van der Waals surface area (Å²) in [4.78, 5) is 11.6. The van der Waals surface area contributed by atoms with Gasteiger partial charge in [-0.05, 0) is 49.2 Å². The van der Waals surface area contributed by atoms with Gasteiger partial charge in [-0.15, -0.1) is 11.3 Å². The van der Waals surface area contributed by atoms with Crippen LogP contribution in [-0.4, -0.2) is 16.5 Å². The van der Waals surface area contributed by atoms with Crippen LogP contribution in [0.25, 0.3) is 10.7 Å². The minimum atomic E-state index is 0.806. The molecule has 0 saturated heterocycles. The van der Waals surface area contributed by atoms with Crippen molar-refractivity contribution in [2.45, 2.75) is 34.1 Å². The average Bonchev–Trinajstić information content (AvgIpc) is 2.71. The van der Waals surface area contributed by atoms with Crippen LogP contribution >= 0.6 is 27.3 Å². The molecular formula is C14H18BrN3S. The molecule has 2 heterocycles. The lowest BCUT2D eigenvalue weighted by atomic mass is 10.2. The molecule has 102 valence electrons. The van der Waals surface area contributed by atoms with E-state index >= 15 is 0 Å². The number of halogens is 1. The first-order chi connectivity index (χ1) is 9.02. The lowest BCUT2D eigenvalue weighted by Crippen LogP contribution is -2.07. The second-order valence-corrected chi connectivity index (χ2v) is 6.66. The highest BCUT2D eigenvalue weighted by Gasteiger charge is 2.12. The van der Waals surface area contributed by atoms with Crippen molar-refractivity contribution in [1.82, 2.24) is 9.97 Å². The minimum Gasteiger partial charge on any atom is -0.370 e. The van der Waals surface area contributed by atoms with E-state index in [0.29, 0.717) is 0 Å². The fraction of sp³-hybridized carbons (Fsp3) is 0.429. The highest BCUT2D eigenvalue weighted by molar-refractivity contribution is 9.10. The molecule has 0 bridgehead atoms. The predicted octanol–water partition coefficient (Wildman–Crippen LogP) is 4.71. The second kappa shape index (κ2) is 6.01. The molecule has 0 radical (unpaired) electrons. The van der Waals surface area contributed by atoms with Crippen LogP contribution in [0.1, 0.15) is 29.5 Å². The topological polar surface area (TPSA) is 37.8 Å². The van der Waals surface area contributed by atoms with E-state index in [9.17, 15) is 0 Å². The molecule has 3 nitrogen and oxygen atoms in total. The summed E-state index contributed by atoms with van der Waals surface area (Å²) < 4.78 is 1.12. The first kappa shape index (κ1) is 14.5. The molecule has 0 fully saturated rings. The van der Waals surface area contributed by atoms with Crippen LogP contribution in [0.15, 0.2) is 10.5 Å². The molecule has 1 N–H and O–H groups in total. The number of aromatic nitrogens is 2. The Morgan fingerprint density at radius 1 is 1.26 bits per heavy atom. The number of aryl methyl sites for hydroxylation is 2. The fourth-order valence-electron chi connectivity index (χ4n) is 1.72. The summed E-state index contributed by atoms with van der Waals surface area (Å²) in [5.74, 6) is 1.76. The minimum absolute atomic E-state index is 0.806. The Morgan fingerprint density at radius 2 is 2.00 bits per heavy atom. The van der Waals surface area contributed by atoms with E-state index in [0.717, 1.165) is 45.2 Å². The highest BCUT2D eigenvalue weighted by atomic mass is 79.9. The largest absolute Gasteiger partial charge is 0.370 e. The van der Waals surface area contributed by atoms with Gasteiger partial charge in [0.1, 0.15) is 5.82 Å². The van der Waals surface area contributed by atoms with Crippen molar-refractivity contribution in [3.8, 4) is 10.7 Å². The number of nitrogens with zero attached hydrogens (tertiary/aromatic N) is 2. The molecule has 0 unspecified atom stereocenters. The summed E-state index contributed by atoms with van der Waals surface area (Å²) in [6.07, 6.45) is 1.08. The van der Waals surface area contributed by atoms with Gasteiger partial charge in [0, 0.05) is 27.2 Å². The van der Waals surface area contributed by atoms with E-state index < -0.39 is 0 Å². The molecule has 0 aliphatic rings. The molecule has 0 aromatic carbocycles. The molecule has 2 aromatic heterocycles. The zero-order valence-corrected chi connectivity index (χ0v) is 14.1.